The lowest BCUT2D eigenvalue weighted by Gasteiger charge is -2.21. The van der Waals surface area contributed by atoms with Crippen LogP contribution in [0.4, 0.5) is 0 Å². The van der Waals surface area contributed by atoms with E-state index in [0.717, 1.165) is 0 Å². The van der Waals surface area contributed by atoms with Gasteiger partial charge in [0.1, 0.15) is 17.5 Å². The maximum Gasteiger partial charge on any atom is 0.140 e. The minimum atomic E-state index is 0.109. The lowest BCUT2D eigenvalue weighted by molar-refractivity contribution is 0.282. The second-order valence-electron chi connectivity index (χ2n) is 6.43. The fourth-order valence-corrected chi connectivity index (χ4v) is 2.26. The van der Waals surface area contributed by atoms with Crippen molar-refractivity contribution in [1.29, 1.82) is 15.8 Å². The molecule has 14 heteroatoms. The summed E-state index contributed by atoms with van der Waals surface area (Å²) >= 11 is 0. The van der Waals surface area contributed by atoms with Crippen molar-refractivity contribution >= 4 is 17.5 Å². The van der Waals surface area contributed by atoms with Crippen molar-refractivity contribution in [1.82, 2.24) is 9.80 Å². The van der Waals surface area contributed by atoms with Crippen LogP contribution < -0.4 is 17.2 Å². The Hall–Kier alpha value is -3.80. The number of nitrogens with two attached hydrogens (primary N) is 3. The van der Waals surface area contributed by atoms with Crippen LogP contribution in [0.1, 0.15) is 38.5 Å². The summed E-state index contributed by atoms with van der Waals surface area (Å²) in [4.78, 5) is 3.88. The summed E-state index contributed by atoms with van der Waals surface area (Å²) in [7, 11) is 0. The van der Waals surface area contributed by atoms with Gasteiger partial charge in [-0.25, -0.2) is 0 Å². The van der Waals surface area contributed by atoms with E-state index in [4.69, 9.17) is 48.6 Å². The SMILES string of the molecule is N#CCCN(CCC#N)CCC#N.N/C(CCN(CC/C(N)=N/O)CC/C(N)=N\O)=N\O. The molecule has 14 nitrogen and oxygen atoms in total. The van der Waals surface area contributed by atoms with Crippen LogP contribution in [-0.4, -0.2) is 82.2 Å². The summed E-state index contributed by atoms with van der Waals surface area (Å²) in [5.41, 5.74) is 16.1. The number of hydrogen-bond donors (Lipinski definition) is 6. The van der Waals surface area contributed by atoms with E-state index in [9.17, 15) is 0 Å². The van der Waals surface area contributed by atoms with Crippen molar-refractivity contribution in [2.24, 2.45) is 32.7 Å². The van der Waals surface area contributed by atoms with E-state index in [1.165, 1.54) is 0 Å². The highest BCUT2D eigenvalue weighted by atomic mass is 16.4. The van der Waals surface area contributed by atoms with Gasteiger partial charge in [-0.2, -0.15) is 15.8 Å². The number of nitrogens with zero attached hydrogens (tertiary/aromatic N) is 8. The summed E-state index contributed by atoms with van der Waals surface area (Å²) < 4.78 is 0. The summed E-state index contributed by atoms with van der Waals surface area (Å²) in [6, 6.07) is 6.13. The Balaban J connectivity index is 0. The molecule has 0 radical (unpaired) electrons. The summed E-state index contributed by atoms with van der Waals surface area (Å²) in [6.07, 6.45) is 2.46. The molecule has 9 N–H and O–H groups in total. The molecule has 0 aromatic heterocycles. The molecule has 0 bridgehead atoms. The largest absolute Gasteiger partial charge is 0.409 e. The number of amidine groups is 3. The summed E-state index contributed by atoms with van der Waals surface area (Å²) in [6.45, 7) is 3.48. The van der Waals surface area contributed by atoms with Gasteiger partial charge in [-0.05, 0) is 0 Å². The minimum absolute atomic E-state index is 0.109. The standard InChI is InChI=1S/C9H21N7O3.C9H12N4/c10-7(13-17)1-4-16(5-2-8(11)14-18)6-3-9(12)15-19;10-4-1-7-13(8-2-5-11)9-3-6-12/h17-19H,1-6H2,(H2,10,13)(H2,11,14)(H2,12,15);1-3,7-9H2. The first kappa shape index (κ1) is 30.4. The highest BCUT2D eigenvalue weighted by Gasteiger charge is 2.08. The lowest BCUT2D eigenvalue weighted by Crippen LogP contribution is -2.34. The molecule has 0 unspecified atom stereocenters. The van der Waals surface area contributed by atoms with Gasteiger partial charge in [0.2, 0.25) is 0 Å². The van der Waals surface area contributed by atoms with Gasteiger partial charge in [-0.1, -0.05) is 15.5 Å². The first-order chi connectivity index (χ1) is 15.4. The third-order valence-electron chi connectivity index (χ3n) is 4.06. The van der Waals surface area contributed by atoms with Gasteiger partial charge in [0, 0.05) is 77.8 Å². The lowest BCUT2D eigenvalue weighted by atomic mass is 10.2. The maximum absolute atomic E-state index is 8.46. The van der Waals surface area contributed by atoms with Gasteiger partial charge in [0.05, 0.1) is 18.2 Å². The van der Waals surface area contributed by atoms with Gasteiger partial charge in [-0.3, -0.25) is 0 Å². The van der Waals surface area contributed by atoms with Crippen LogP contribution in [0.15, 0.2) is 15.5 Å². The third kappa shape index (κ3) is 19.5. The minimum Gasteiger partial charge on any atom is -0.409 e. The van der Waals surface area contributed by atoms with Crippen molar-refractivity contribution in [2.75, 3.05) is 39.3 Å². The van der Waals surface area contributed by atoms with Crippen molar-refractivity contribution in [3.05, 3.63) is 0 Å². The summed E-state index contributed by atoms with van der Waals surface area (Å²) in [5.74, 6) is 0.327. The molecule has 0 aliphatic heterocycles. The van der Waals surface area contributed by atoms with Crippen LogP contribution >= 0.6 is 0 Å². The second-order valence-corrected chi connectivity index (χ2v) is 6.43. The zero-order valence-electron chi connectivity index (χ0n) is 18.1. The number of hydrogen-bond acceptors (Lipinski definition) is 11. The Morgan fingerprint density at radius 1 is 0.562 bits per heavy atom. The highest BCUT2D eigenvalue weighted by molar-refractivity contribution is 5.81. The Kier molecular flexibility index (Phi) is 20.8. The van der Waals surface area contributed by atoms with Crippen molar-refractivity contribution in [2.45, 2.75) is 38.5 Å². The summed E-state index contributed by atoms with van der Waals surface area (Å²) in [5, 5.41) is 59.1. The van der Waals surface area contributed by atoms with Crippen LogP contribution in [0, 0.1) is 34.0 Å². The normalized spacial score (nSPS) is 11.9. The molecule has 178 valence electrons. The molecule has 0 rings (SSSR count). The van der Waals surface area contributed by atoms with Crippen molar-refractivity contribution < 1.29 is 15.6 Å². The monoisotopic (exact) mass is 451 g/mol. The van der Waals surface area contributed by atoms with Gasteiger partial charge >= 0.3 is 0 Å². The molecule has 0 spiro atoms. The van der Waals surface area contributed by atoms with E-state index < -0.39 is 0 Å². The number of nitriles is 3. The van der Waals surface area contributed by atoms with E-state index in [1.807, 2.05) is 28.0 Å². The smallest absolute Gasteiger partial charge is 0.140 e. The van der Waals surface area contributed by atoms with E-state index in [-0.39, 0.29) is 17.5 Å². The molecule has 0 saturated carbocycles. The van der Waals surface area contributed by atoms with Gasteiger partial charge in [-0.15, -0.1) is 0 Å². The Bertz CT molecular complexity index is 609. The van der Waals surface area contributed by atoms with Crippen LogP contribution in [0.2, 0.25) is 0 Å². The molecule has 0 amide bonds. The predicted octanol–water partition coefficient (Wildman–Crippen LogP) is -0.273. The zero-order valence-corrected chi connectivity index (χ0v) is 18.1. The fraction of sp³-hybridized carbons (Fsp3) is 0.667. The van der Waals surface area contributed by atoms with Crippen LogP contribution in [0.3, 0.4) is 0 Å². The predicted molar refractivity (Wildman–Crippen MR) is 118 cm³/mol. The van der Waals surface area contributed by atoms with E-state index in [2.05, 4.69) is 15.5 Å². The van der Waals surface area contributed by atoms with E-state index in [0.29, 0.717) is 77.8 Å². The molecule has 0 fully saturated rings. The topological polar surface area (TPSA) is 254 Å². The van der Waals surface area contributed by atoms with Gasteiger partial charge in [0.25, 0.3) is 0 Å². The average Bonchev–Trinajstić information content (AvgIpc) is 2.82. The van der Waals surface area contributed by atoms with E-state index in [1.54, 1.807) is 0 Å². The van der Waals surface area contributed by atoms with Gasteiger partial charge < -0.3 is 42.6 Å². The average molecular weight is 452 g/mol. The molecular weight excluding hydrogens is 418 g/mol. The molecule has 0 aliphatic rings. The van der Waals surface area contributed by atoms with Crippen molar-refractivity contribution in [3.8, 4) is 18.2 Å². The van der Waals surface area contributed by atoms with Crippen LogP contribution in [0.5, 0.6) is 0 Å². The van der Waals surface area contributed by atoms with Crippen LogP contribution in [-0.2, 0) is 0 Å². The molecular formula is C18H33N11O3. The fourth-order valence-electron chi connectivity index (χ4n) is 2.26. The molecule has 0 heterocycles. The molecule has 0 aliphatic carbocycles. The molecule has 0 saturated heterocycles. The van der Waals surface area contributed by atoms with Gasteiger partial charge in [0.15, 0.2) is 0 Å². The first-order valence-electron chi connectivity index (χ1n) is 9.83. The first-order valence-corrected chi connectivity index (χ1v) is 9.83. The molecule has 32 heavy (non-hydrogen) atoms. The second kappa shape index (κ2) is 21.9. The Morgan fingerprint density at radius 2 is 0.812 bits per heavy atom. The molecule has 0 atom stereocenters. The molecule has 0 aromatic rings. The highest BCUT2D eigenvalue weighted by Crippen LogP contribution is 1.98. The Labute approximate surface area is 188 Å². The zero-order chi connectivity index (χ0) is 24.6. The Morgan fingerprint density at radius 3 is 1.03 bits per heavy atom. The maximum atomic E-state index is 8.46. The number of oxime groups is 3. The van der Waals surface area contributed by atoms with Crippen LogP contribution in [0.25, 0.3) is 0 Å². The quantitative estimate of drug-likeness (QED) is 0.0816. The van der Waals surface area contributed by atoms with Crippen molar-refractivity contribution in [3.63, 3.8) is 0 Å². The third-order valence-corrected chi connectivity index (χ3v) is 4.06. The molecule has 0 aromatic carbocycles. The number of rotatable bonds is 15. The van der Waals surface area contributed by atoms with E-state index >= 15 is 0 Å².